The molecule has 2 aromatic rings. The summed E-state index contributed by atoms with van der Waals surface area (Å²) in [5, 5.41) is 3.88. The van der Waals surface area contributed by atoms with Crippen LogP contribution in [-0.4, -0.2) is 20.1 Å². The second-order valence-electron chi connectivity index (χ2n) is 3.61. The number of nitrogens with one attached hydrogen (secondary N) is 1. The van der Waals surface area contributed by atoms with E-state index in [0.717, 1.165) is 10.7 Å². The highest BCUT2D eigenvalue weighted by atomic mass is 32.1. The number of Topliss-reactive ketones (excluding diaryl/α,β-unsaturated/α-hetero) is 1. The Morgan fingerprint density at radius 1 is 1.53 bits per heavy atom. The summed E-state index contributed by atoms with van der Waals surface area (Å²) in [5.41, 5.74) is 1.08. The molecule has 17 heavy (non-hydrogen) atoms. The lowest BCUT2D eigenvalue weighted by Crippen LogP contribution is -2.01. The standard InChI is InChI=1S/C11H12N4OS/c1-8(16)5-10-14-11(17-15-10)13-7-9-3-2-4-12-6-9/h2-4,6H,5,7H2,1H3,(H,13,14,15). The summed E-state index contributed by atoms with van der Waals surface area (Å²) in [4.78, 5) is 19.1. The third-order valence-corrected chi connectivity index (χ3v) is 2.75. The van der Waals surface area contributed by atoms with Gasteiger partial charge in [-0.3, -0.25) is 9.78 Å². The van der Waals surface area contributed by atoms with Gasteiger partial charge in [-0.1, -0.05) is 6.07 Å². The van der Waals surface area contributed by atoms with Crippen LogP contribution in [0, 0.1) is 0 Å². The second-order valence-corrected chi connectivity index (χ2v) is 4.36. The highest BCUT2D eigenvalue weighted by Crippen LogP contribution is 2.12. The molecule has 0 aromatic carbocycles. The number of carbonyl (C=O) groups excluding carboxylic acids is 1. The largest absolute Gasteiger partial charge is 0.356 e. The van der Waals surface area contributed by atoms with Gasteiger partial charge in [0, 0.05) is 30.5 Å². The molecular weight excluding hydrogens is 236 g/mol. The van der Waals surface area contributed by atoms with Crippen LogP contribution in [0.2, 0.25) is 0 Å². The molecule has 0 atom stereocenters. The molecule has 88 valence electrons. The van der Waals surface area contributed by atoms with Crippen molar-refractivity contribution < 1.29 is 4.79 Å². The first-order chi connectivity index (χ1) is 8.24. The zero-order chi connectivity index (χ0) is 12.1. The predicted molar refractivity (Wildman–Crippen MR) is 65.9 cm³/mol. The minimum Gasteiger partial charge on any atom is -0.356 e. The number of anilines is 1. The minimum absolute atomic E-state index is 0.0709. The van der Waals surface area contributed by atoms with Crippen molar-refractivity contribution in [2.24, 2.45) is 0 Å². The summed E-state index contributed by atoms with van der Waals surface area (Å²) in [6.45, 7) is 2.19. The molecule has 0 aliphatic carbocycles. The number of aromatic nitrogens is 3. The van der Waals surface area contributed by atoms with Crippen LogP contribution in [-0.2, 0) is 17.8 Å². The summed E-state index contributed by atoms with van der Waals surface area (Å²) in [5.74, 6) is 0.651. The van der Waals surface area contributed by atoms with Crippen molar-refractivity contribution in [2.45, 2.75) is 19.9 Å². The Bertz CT molecular complexity index is 497. The van der Waals surface area contributed by atoms with Crippen LogP contribution in [0.1, 0.15) is 18.3 Å². The van der Waals surface area contributed by atoms with Crippen molar-refractivity contribution in [3.8, 4) is 0 Å². The number of hydrogen-bond donors (Lipinski definition) is 1. The van der Waals surface area contributed by atoms with E-state index in [1.165, 1.54) is 18.5 Å². The van der Waals surface area contributed by atoms with E-state index in [0.29, 0.717) is 18.8 Å². The van der Waals surface area contributed by atoms with Gasteiger partial charge in [0.1, 0.15) is 5.78 Å². The predicted octanol–water partition coefficient (Wildman–Crippen LogP) is 1.68. The topological polar surface area (TPSA) is 67.8 Å². The van der Waals surface area contributed by atoms with E-state index >= 15 is 0 Å². The Balaban J connectivity index is 1.91. The quantitative estimate of drug-likeness (QED) is 0.871. The lowest BCUT2D eigenvalue weighted by molar-refractivity contribution is -0.116. The van der Waals surface area contributed by atoms with Crippen molar-refractivity contribution >= 4 is 22.4 Å². The van der Waals surface area contributed by atoms with Gasteiger partial charge in [0.2, 0.25) is 5.13 Å². The maximum atomic E-state index is 10.9. The SMILES string of the molecule is CC(=O)Cc1nsc(NCc2cccnc2)n1. The molecule has 6 heteroatoms. The lowest BCUT2D eigenvalue weighted by atomic mass is 10.3. The van der Waals surface area contributed by atoms with Gasteiger partial charge in [-0.2, -0.15) is 4.37 Å². The molecule has 0 spiro atoms. The third-order valence-electron chi connectivity index (χ3n) is 2.04. The van der Waals surface area contributed by atoms with E-state index in [2.05, 4.69) is 19.7 Å². The average molecular weight is 248 g/mol. The molecule has 0 saturated heterocycles. The highest BCUT2D eigenvalue weighted by Gasteiger charge is 2.05. The fourth-order valence-corrected chi connectivity index (χ4v) is 1.88. The van der Waals surface area contributed by atoms with E-state index in [-0.39, 0.29) is 5.78 Å². The third kappa shape index (κ3) is 3.60. The average Bonchev–Trinajstić information content (AvgIpc) is 2.75. The first kappa shape index (κ1) is 11.7. The summed E-state index contributed by atoms with van der Waals surface area (Å²) < 4.78 is 4.10. The van der Waals surface area contributed by atoms with Gasteiger partial charge in [0.25, 0.3) is 0 Å². The molecule has 0 aliphatic heterocycles. The Kier molecular flexibility index (Phi) is 3.77. The minimum atomic E-state index is 0.0709. The molecule has 0 radical (unpaired) electrons. The number of carbonyl (C=O) groups is 1. The molecule has 0 amide bonds. The zero-order valence-corrected chi connectivity index (χ0v) is 10.2. The maximum Gasteiger partial charge on any atom is 0.202 e. The lowest BCUT2D eigenvalue weighted by Gasteiger charge is -2.00. The van der Waals surface area contributed by atoms with Crippen molar-refractivity contribution in [1.82, 2.24) is 14.3 Å². The number of pyridine rings is 1. The van der Waals surface area contributed by atoms with Crippen molar-refractivity contribution in [2.75, 3.05) is 5.32 Å². The molecule has 1 N–H and O–H groups in total. The molecule has 0 fully saturated rings. The van der Waals surface area contributed by atoms with Crippen molar-refractivity contribution in [1.29, 1.82) is 0 Å². The Hall–Kier alpha value is -1.82. The number of hydrogen-bond acceptors (Lipinski definition) is 6. The Morgan fingerprint density at radius 3 is 3.12 bits per heavy atom. The van der Waals surface area contributed by atoms with Crippen molar-refractivity contribution in [3.63, 3.8) is 0 Å². The van der Waals surface area contributed by atoms with Crippen LogP contribution in [0.4, 0.5) is 5.13 Å². The summed E-state index contributed by atoms with van der Waals surface area (Å²) in [7, 11) is 0. The van der Waals surface area contributed by atoms with Crippen LogP contribution in [0.3, 0.4) is 0 Å². The molecule has 0 aliphatic rings. The first-order valence-corrected chi connectivity index (χ1v) is 5.96. The summed E-state index contributed by atoms with van der Waals surface area (Å²) in [6, 6.07) is 3.87. The summed E-state index contributed by atoms with van der Waals surface area (Å²) >= 11 is 1.27. The first-order valence-electron chi connectivity index (χ1n) is 5.19. The maximum absolute atomic E-state index is 10.9. The van der Waals surface area contributed by atoms with Crippen molar-refractivity contribution in [3.05, 3.63) is 35.9 Å². The molecule has 2 aromatic heterocycles. The van der Waals surface area contributed by atoms with Crippen LogP contribution < -0.4 is 5.32 Å². The van der Waals surface area contributed by atoms with E-state index in [4.69, 9.17) is 0 Å². The summed E-state index contributed by atoms with van der Waals surface area (Å²) in [6.07, 6.45) is 3.83. The van der Waals surface area contributed by atoms with Crippen LogP contribution >= 0.6 is 11.5 Å². The normalized spacial score (nSPS) is 10.2. The van der Waals surface area contributed by atoms with E-state index in [1.807, 2.05) is 12.1 Å². The van der Waals surface area contributed by atoms with Crippen LogP contribution in [0.15, 0.2) is 24.5 Å². The molecule has 0 saturated carbocycles. The monoisotopic (exact) mass is 248 g/mol. The molecular formula is C11H12N4OS. The zero-order valence-electron chi connectivity index (χ0n) is 9.38. The fraction of sp³-hybridized carbons (Fsp3) is 0.273. The number of ketones is 1. The van der Waals surface area contributed by atoms with Gasteiger partial charge < -0.3 is 5.32 Å². The van der Waals surface area contributed by atoms with E-state index in [9.17, 15) is 4.79 Å². The van der Waals surface area contributed by atoms with Gasteiger partial charge in [0.15, 0.2) is 5.82 Å². The Morgan fingerprint density at radius 2 is 2.41 bits per heavy atom. The Labute approximate surface area is 103 Å². The van der Waals surface area contributed by atoms with E-state index < -0.39 is 0 Å². The van der Waals surface area contributed by atoms with E-state index in [1.54, 1.807) is 12.4 Å². The van der Waals surface area contributed by atoms with Gasteiger partial charge in [-0.25, -0.2) is 4.98 Å². The van der Waals surface area contributed by atoms with Crippen LogP contribution in [0.5, 0.6) is 0 Å². The smallest absolute Gasteiger partial charge is 0.202 e. The molecule has 0 unspecified atom stereocenters. The number of nitrogens with zero attached hydrogens (tertiary/aromatic N) is 3. The van der Waals surface area contributed by atoms with Gasteiger partial charge >= 0.3 is 0 Å². The molecule has 5 nitrogen and oxygen atoms in total. The highest BCUT2D eigenvalue weighted by molar-refractivity contribution is 7.09. The van der Waals surface area contributed by atoms with Crippen LogP contribution in [0.25, 0.3) is 0 Å². The molecule has 2 heterocycles. The molecule has 0 bridgehead atoms. The molecule has 2 rings (SSSR count). The number of rotatable bonds is 5. The van der Waals surface area contributed by atoms with Gasteiger partial charge in [-0.05, 0) is 18.6 Å². The van der Waals surface area contributed by atoms with Gasteiger partial charge in [0.05, 0.1) is 6.42 Å². The second kappa shape index (κ2) is 5.49. The van der Waals surface area contributed by atoms with Gasteiger partial charge in [-0.15, -0.1) is 0 Å². The fourth-order valence-electron chi connectivity index (χ4n) is 1.30.